The van der Waals surface area contributed by atoms with Gasteiger partial charge in [0.2, 0.25) is 0 Å². The number of piperidine rings is 1. The third kappa shape index (κ3) is 6.10. The van der Waals surface area contributed by atoms with Gasteiger partial charge in [-0.3, -0.25) is 0 Å². The Morgan fingerprint density at radius 1 is 0.889 bits per heavy atom. The van der Waals surface area contributed by atoms with Crippen LogP contribution in [0.1, 0.15) is 56.1 Å². The summed E-state index contributed by atoms with van der Waals surface area (Å²) in [6.45, 7) is 8.60. The predicted molar refractivity (Wildman–Crippen MR) is 115 cm³/mol. The predicted octanol–water partition coefficient (Wildman–Crippen LogP) is 4.56. The van der Waals surface area contributed by atoms with Crippen molar-refractivity contribution in [1.82, 2.24) is 9.80 Å². The molecule has 2 aliphatic heterocycles. The highest BCUT2D eigenvalue weighted by Gasteiger charge is 2.22. The number of hydrogen-bond acceptors (Lipinski definition) is 3. The second kappa shape index (κ2) is 10.7. The van der Waals surface area contributed by atoms with Gasteiger partial charge in [-0.15, -0.1) is 12.4 Å². The van der Waals surface area contributed by atoms with E-state index in [-0.39, 0.29) is 12.4 Å². The SMILES string of the molecule is Cl.c1cc2c(cc1OCCCN1CCCCC1)CCC(CN1CCCC1)C2. The van der Waals surface area contributed by atoms with Crippen LogP contribution in [0.3, 0.4) is 0 Å². The van der Waals surface area contributed by atoms with E-state index in [0.29, 0.717) is 0 Å². The van der Waals surface area contributed by atoms with E-state index >= 15 is 0 Å². The molecule has 0 amide bonds. The zero-order chi connectivity index (χ0) is 17.6. The van der Waals surface area contributed by atoms with E-state index < -0.39 is 0 Å². The van der Waals surface area contributed by atoms with Crippen molar-refractivity contribution >= 4 is 12.4 Å². The van der Waals surface area contributed by atoms with Crippen molar-refractivity contribution in [3.8, 4) is 5.75 Å². The fraction of sp³-hybridized carbons (Fsp3) is 0.739. The Kier molecular flexibility index (Phi) is 8.29. The standard InChI is InChI=1S/C23H36N2O.ClH/c1-2-11-24(12-3-1)15-6-16-26-23-10-9-21-17-20(7-8-22(21)18-23)19-25-13-4-5-14-25;/h9-10,18,20H,1-8,11-17,19H2;1H. The highest BCUT2D eigenvalue weighted by Crippen LogP contribution is 2.29. The molecular formula is C23H37ClN2O. The lowest BCUT2D eigenvalue weighted by Crippen LogP contribution is -2.31. The molecule has 0 radical (unpaired) electrons. The van der Waals surface area contributed by atoms with Gasteiger partial charge in [0, 0.05) is 13.1 Å². The molecule has 4 rings (SSSR count). The van der Waals surface area contributed by atoms with Crippen molar-refractivity contribution in [2.45, 2.75) is 57.8 Å². The van der Waals surface area contributed by atoms with Crippen molar-refractivity contribution in [2.75, 3.05) is 45.9 Å². The summed E-state index contributed by atoms with van der Waals surface area (Å²) in [5.41, 5.74) is 3.11. The van der Waals surface area contributed by atoms with Crippen LogP contribution in [0.4, 0.5) is 0 Å². The lowest BCUT2D eigenvalue weighted by Gasteiger charge is -2.28. The topological polar surface area (TPSA) is 15.7 Å². The van der Waals surface area contributed by atoms with Gasteiger partial charge in [-0.05, 0) is 107 Å². The molecule has 1 unspecified atom stereocenters. The van der Waals surface area contributed by atoms with Crippen molar-refractivity contribution in [3.05, 3.63) is 29.3 Å². The molecule has 0 spiro atoms. The first-order valence-electron chi connectivity index (χ1n) is 11.1. The highest BCUT2D eigenvalue weighted by atomic mass is 35.5. The van der Waals surface area contributed by atoms with Crippen LogP contribution in [0.15, 0.2) is 18.2 Å². The third-order valence-electron chi connectivity index (χ3n) is 6.56. The smallest absolute Gasteiger partial charge is 0.119 e. The molecule has 1 atom stereocenters. The minimum atomic E-state index is 0. The summed E-state index contributed by atoms with van der Waals surface area (Å²) in [5, 5.41) is 0. The number of nitrogens with zero attached hydrogens (tertiary/aromatic N) is 2. The maximum absolute atomic E-state index is 6.06. The minimum Gasteiger partial charge on any atom is -0.494 e. The number of aryl methyl sites for hydroxylation is 1. The Balaban J connectivity index is 0.00000210. The molecule has 152 valence electrons. The summed E-state index contributed by atoms with van der Waals surface area (Å²) in [6, 6.07) is 6.87. The molecule has 4 heteroatoms. The normalized spacial score (nSPS) is 23.6. The average Bonchev–Trinajstić information content (AvgIpc) is 3.19. The number of rotatable bonds is 7. The molecule has 3 nitrogen and oxygen atoms in total. The molecule has 2 fully saturated rings. The van der Waals surface area contributed by atoms with Crippen molar-refractivity contribution in [1.29, 1.82) is 0 Å². The molecule has 3 aliphatic rings. The summed E-state index contributed by atoms with van der Waals surface area (Å²) in [7, 11) is 0. The van der Waals surface area contributed by atoms with Crippen LogP contribution in [0.2, 0.25) is 0 Å². The van der Waals surface area contributed by atoms with Crippen molar-refractivity contribution < 1.29 is 4.74 Å². The van der Waals surface area contributed by atoms with Crippen LogP contribution in [0.25, 0.3) is 0 Å². The van der Waals surface area contributed by atoms with Gasteiger partial charge in [0.05, 0.1) is 6.61 Å². The molecule has 2 saturated heterocycles. The fourth-order valence-electron chi connectivity index (χ4n) is 5.04. The number of likely N-dealkylation sites (tertiary alicyclic amines) is 2. The molecule has 1 aliphatic carbocycles. The first kappa shape index (κ1) is 21.0. The third-order valence-corrected chi connectivity index (χ3v) is 6.56. The van der Waals surface area contributed by atoms with Crippen LogP contribution >= 0.6 is 12.4 Å². The molecule has 2 heterocycles. The lowest BCUT2D eigenvalue weighted by molar-refractivity contribution is 0.205. The van der Waals surface area contributed by atoms with E-state index in [1.54, 1.807) is 5.56 Å². The monoisotopic (exact) mass is 392 g/mol. The average molecular weight is 393 g/mol. The van der Waals surface area contributed by atoms with E-state index in [9.17, 15) is 0 Å². The van der Waals surface area contributed by atoms with E-state index in [0.717, 1.165) is 24.7 Å². The lowest BCUT2D eigenvalue weighted by atomic mass is 9.83. The first-order chi connectivity index (χ1) is 12.9. The maximum Gasteiger partial charge on any atom is 0.119 e. The van der Waals surface area contributed by atoms with Gasteiger partial charge in [0.1, 0.15) is 5.75 Å². The molecule has 0 saturated carbocycles. The van der Waals surface area contributed by atoms with Gasteiger partial charge < -0.3 is 14.5 Å². The zero-order valence-electron chi connectivity index (χ0n) is 16.8. The maximum atomic E-state index is 6.06. The summed E-state index contributed by atoms with van der Waals surface area (Å²) in [6.07, 6.45) is 12.0. The summed E-state index contributed by atoms with van der Waals surface area (Å²) < 4.78 is 6.06. The molecule has 0 bridgehead atoms. The molecule has 1 aromatic rings. The van der Waals surface area contributed by atoms with Gasteiger partial charge in [-0.2, -0.15) is 0 Å². The van der Waals surface area contributed by atoms with Gasteiger partial charge in [0.25, 0.3) is 0 Å². The van der Waals surface area contributed by atoms with E-state index in [1.807, 2.05) is 0 Å². The molecule has 0 aromatic heterocycles. The summed E-state index contributed by atoms with van der Waals surface area (Å²) >= 11 is 0. The van der Waals surface area contributed by atoms with Gasteiger partial charge in [-0.25, -0.2) is 0 Å². The van der Waals surface area contributed by atoms with E-state index in [1.165, 1.54) is 96.2 Å². The Morgan fingerprint density at radius 2 is 1.63 bits per heavy atom. The number of hydrogen-bond donors (Lipinski definition) is 0. The van der Waals surface area contributed by atoms with E-state index in [2.05, 4.69) is 28.0 Å². The number of ether oxygens (including phenoxy) is 1. The fourth-order valence-corrected chi connectivity index (χ4v) is 5.04. The molecule has 0 N–H and O–H groups in total. The Hall–Kier alpha value is -0.770. The van der Waals surface area contributed by atoms with Crippen LogP contribution in [0.5, 0.6) is 5.75 Å². The first-order valence-corrected chi connectivity index (χ1v) is 11.1. The minimum absolute atomic E-state index is 0. The van der Waals surface area contributed by atoms with Crippen LogP contribution in [-0.4, -0.2) is 55.7 Å². The molecular weight excluding hydrogens is 356 g/mol. The summed E-state index contributed by atoms with van der Waals surface area (Å²) in [4.78, 5) is 5.27. The Morgan fingerprint density at radius 3 is 2.44 bits per heavy atom. The molecule has 1 aromatic carbocycles. The van der Waals surface area contributed by atoms with E-state index in [4.69, 9.17) is 4.74 Å². The highest BCUT2D eigenvalue weighted by molar-refractivity contribution is 5.85. The number of fused-ring (bicyclic) bond motifs is 1. The Labute approximate surface area is 171 Å². The van der Waals surface area contributed by atoms with Gasteiger partial charge >= 0.3 is 0 Å². The van der Waals surface area contributed by atoms with Crippen LogP contribution in [0, 0.1) is 5.92 Å². The van der Waals surface area contributed by atoms with Gasteiger partial charge in [-0.1, -0.05) is 12.5 Å². The number of benzene rings is 1. The Bertz CT molecular complexity index is 567. The van der Waals surface area contributed by atoms with Crippen LogP contribution < -0.4 is 4.74 Å². The second-order valence-electron chi connectivity index (χ2n) is 8.65. The van der Waals surface area contributed by atoms with Crippen LogP contribution in [-0.2, 0) is 12.8 Å². The van der Waals surface area contributed by atoms with Crippen molar-refractivity contribution in [2.24, 2.45) is 5.92 Å². The molecule has 27 heavy (non-hydrogen) atoms. The van der Waals surface area contributed by atoms with Gasteiger partial charge in [0.15, 0.2) is 0 Å². The summed E-state index contributed by atoms with van der Waals surface area (Å²) in [5.74, 6) is 1.94. The zero-order valence-corrected chi connectivity index (χ0v) is 17.7. The largest absolute Gasteiger partial charge is 0.494 e. The quantitative estimate of drug-likeness (QED) is 0.632. The number of halogens is 1. The van der Waals surface area contributed by atoms with Crippen molar-refractivity contribution in [3.63, 3.8) is 0 Å². The second-order valence-corrected chi connectivity index (χ2v) is 8.65.